The van der Waals surface area contributed by atoms with Gasteiger partial charge in [-0.05, 0) is 12.1 Å². The molecular formula is C12H10F11NO2. The minimum absolute atomic E-state index is 0.272. The maximum Gasteiger partial charge on any atom is 0.460 e. The first-order valence-electron chi connectivity index (χ1n) is 6.30. The normalized spacial score (nSPS) is 15.4. The molecule has 152 valence electrons. The van der Waals surface area contributed by atoms with E-state index in [1.165, 1.54) is 0 Å². The summed E-state index contributed by atoms with van der Waals surface area (Å²) in [5.41, 5.74) is -1.14. The molecular weight excluding hydrogens is 399 g/mol. The lowest BCUT2D eigenvalue weighted by molar-refractivity contribution is -0.461. The van der Waals surface area contributed by atoms with Crippen LogP contribution < -0.4 is 0 Å². The van der Waals surface area contributed by atoms with Crippen molar-refractivity contribution in [3.8, 4) is 0 Å². The van der Waals surface area contributed by atoms with Crippen molar-refractivity contribution in [2.45, 2.75) is 35.7 Å². The van der Waals surface area contributed by atoms with E-state index in [4.69, 9.17) is 0 Å². The highest BCUT2D eigenvalue weighted by Crippen LogP contribution is 2.61. The van der Waals surface area contributed by atoms with Gasteiger partial charge < -0.3 is 14.5 Å². The number of nitrogens with one attached hydrogen (secondary N) is 1. The van der Waals surface area contributed by atoms with Gasteiger partial charge in [-0.1, -0.05) is 0 Å². The molecule has 26 heavy (non-hydrogen) atoms. The molecule has 1 rings (SSSR count). The van der Waals surface area contributed by atoms with Crippen LogP contribution in [-0.2, 0) is 15.3 Å². The van der Waals surface area contributed by atoms with Crippen molar-refractivity contribution in [2.24, 2.45) is 0 Å². The van der Waals surface area contributed by atoms with Gasteiger partial charge in [0.25, 0.3) is 5.79 Å². The van der Waals surface area contributed by atoms with Crippen LogP contribution in [0, 0.1) is 0 Å². The number of aromatic amines is 1. The van der Waals surface area contributed by atoms with Crippen LogP contribution in [0.4, 0.5) is 48.3 Å². The second-order valence-corrected chi connectivity index (χ2v) is 4.90. The number of aromatic nitrogens is 1. The second-order valence-electron chi connectivity index (χ2n) is 4.90. The van der Waals surface area contributed by atoms with E-state index in [-0.39, 0.29) is 14.2 Å². The zero-order valence-corrected chi connectivity index (χ0v) is 12.7. The Hall–Kier alpha value is -1.57. The van der Waals surface area contributed by atoms with Crippen molar-refractivity contribution in [2.75, 3.05) is 14.2 Å². The highest BCUT2D eigenvalue weighted by molar-refractivity contribution is 5.20. The third-order valence-electron chi connectivity index (χ3n) is 3.48. The van der Waals surface area contributed by atoms with Crippen LogP contribution in [-0.4, -0.2) is 49.1 Å². The molecule has 1 aromatic heterocycles. The van der Waals surface area contributed by atoms with Crippen molar-refractivity contribution in [1.82, 2.24) is 4.98 Å². The molecule has 0 saturated heterocycles. The van der Waals surface area contributed by atoms with Gasteiger partial charge in [0.05, 0.1) is 5.69 Å². The largest absolute Gasteiger partial charge is 0.460 e. The summed E-state index contributed by atoms with van der Waals surface area (Å²) in [5.74, 6) is -32.8. The van der Waals surface area contributed by atoms with Gasteiger partial charge in [-0.25, -0.2) is 0 Å². The number of hydrogen-bond donors (Lipinski definition) is 1. The third-order valence-corrected chi connectivity index (χ3v) is 3.48. The molecule has 0 atom stereocenters. The van der Waals surface area contributed by atoms with Crippen LogP contribution in [0.5, 0.6) is 0 Å². The van der Waals surface area contributed by atoms with E-state index in [1.807, 2.05) is 4.98 Å². The zero-order chi connectivity index (χ0) is 20.8. The Balaban J connectivity index is 3.67. The predicted octanol–water partition coefficient (Wildman–Crippen LogP) is 4.56. The Bertz CT molecular complexity index is 605. The summed E-state index contributed by atoms with van der Waals surface area (Å²) in [7, 11) is 0.544. The molecule has 0 fully saturated rings. The van der Waals surface area contributed by atoms with Crippen molar-refractivity contribution in [1.29, 1.82) is 0 Å². The predicted molar refractivity (Wildman–Crippen MR) is 62.3 cm³/mol. The minimum Gasteiger partial charge on any atom is -0.360 e. The number of alkyl halides is 11. The monoisotopic (exact) mass is 409 g/mol. The topological polar surface area (TPSA) is 34.2 Å². The van der Waals surface area contributed by atoms with E-state index in [0.717, 1.165) is 12.3 Å². The zero-order valence-electron chi connectivity index (χ0n) is 12.7. The first kappa shape index (κ1) is 22.5. The van der Waals surface area contributed by atoms with Gasteiger partial charge in [-0.2, -0.15) is 48.3 Å². The molecule has 0 aromatic carbocycles. The molecule has 0 amide bonds. The Labute approximate surface area is 138 Å². The lowest BCUT2D eigenvalue weighted by atomic mass is 9.90. The fraction of sp³-hybridized carbons (Fsp3) is 0.667. The highest BCUT2D eigenvalue weighted by Gasteiger charge is 2.90. The van der Waals surface area contributed by atoms with Crippen molar-refractivity contribution in [3.05, 3.63) is 24.0 Å². The van der Waals surface area contributed by atoms with E-state index >= 15 is 0 Å². The molecule has 0 aliphatic heterocycles. The molecule has 0 aliphatic carbocycles. The first-order valence-corrected chi connectivity index (χ1v) is 6.30. The Kier molecular flexibility index (Phi) is 5.40. The SMILES string of the molecule is COC(OC)(c1ccc[nH]1)C(F)(F)C(F)(F)C(F)(F)C(F)(F)C(F)(F)F. The molecule has 0 radical (unpaired) electrons. The van der Waals surface area contributed by atoms with E-state index in [1.54, 1.807) is 0 Å². The lowest BCUT2D eigenvalue weighted by Crippen LogP contribution is -2.71. The third kappa shape index (κ3) is 2.64. The van der Waals surface area contributed by atoms with Crippen molar-refractivity contribution >= 4 is 0 Å². The maximum atomic E-state index is 14.3. The van der Waals surface area contributed by atoms with Crippen molar-refractivity contribution in [3.63, 3.8) is 0 Å². The quantitative estimate of drug-likeness (QED) is 0.529. The summed E-state index contributed by atoms with van der Waals surface area (Å²) < 4.78 is 153. The number of rotatable bonds is 7. The molecule has 1 N–H and O–H groups in total. The molecule has 0 bridgehead atoms. The van der Waals surface area contributed by atoms with Gasteiger partial charge >= 0.3 is 29.9 Å². The van der Waals surface area contributed by atoms with Crippen LogP contribution in [0.3, 0.4) is 0 Å². The summed E-state index contributed by atoms with van der Waals surface area (Å²) in [6.07, 6.45) is -6.41. The summed E-state index contributed by atoms with van der Waals surface area (Å²) in [5, 5.41) is 0. The van der Waals surface area contributed by atoms with Gasteiger partial charge in [-0.15, -0.1) is 0 Å². The number of hydrogen-bond acceptors (Lipinski definition) is 2. The van der Waals surface area contributed by atoms with Gasteiger partial charge in [-0.3, -0.25) is 0 Å². The molecule has 0 spiro atoms. The van der Waals surface area contributed by atoms with E-state index < -0.39 is 41.3 Å². The average molecular weight is 409 g/mol. The van der Waals surface area contributed by atoms with Gasteiger partial charge in [0.15, 0.2) is 0 Å². The van der Waals surface area contributed by atoms with Crippen LogP contribution in [0.1, 0.15) is 5.69 Å². The fourth-order valence-electron chi connectivity index (χ4n) is 2.04. The Morgan fingerprint density at radius 3 is 1.42 bits per heavy atom. The first-order chi connectivity index (χ1) is 11.5. The number of halogens is 11. The number of ether oxygens (including phenoxy) is 2. The molecule has 0 aliphatic rings. The summed E-state index contributed by atoms with van der Waals surface area (Å²) in [4.78, 5) is 1.86. The van der Waals surface area contributed by atoms with Gasteiger partial charge in [0.2, 0.25) is 0 Å². The van der Waals surface area contributed by atoms with Crippen LogP contribution in [0.25, 0.3) is 0 Å². The van der Waals surface area contributed by atoms with E-state index in [0.29, 0.717) is 6.07 Å². The number of methoxy groups -OCH3 is 2. The second kappa shape index (κ2) is 6.25. The summed E-state index contributed by atoms with van der Waals surface area (Å²) in [6, 6.07) is 1.48. The molecule has 0 saturated carbocycles. The van der Waals surface area contributed by atoms with Crippen molar-refractivity contribution < 1.29 is 57.8 Å². The smallest absolute Gasteiger partial charge is 0.360 e. The van der Waals surface area contributed by atoms with Gasteiger partial charge in [0, 0.05) is 20.4 Å². The van der Waals surface area contributed by atoms with Gasteiger partial charge in [0.1, 0.15) is 0 Å². The average Bonchev–Trinajstić information content (AvgIpc) is 3.01. The maximum absolute atomic E-state index is 14.3. The van der Waals surface area contributed by atoms with E-state index in [9.17, 15) is 48.3 Å². The molecule has 1 aromatic rings. The molecule has 3 nitrogen and oxygen atoms in total. The number of H-pyrrole nitrogens is 1. The highest BCUT2D eigenvalue weighted by atomic mass is 19.4. The lowest BCUT2D eigenvalue weighted by Gasteiger charge is -2.44. The standard InChI is InChI=1S/C12H10F11NO2/c1-25-7(26-2,6-4-3-5-24-6)8(13,14)9(15,16)10(17,18)11(19,20)12(21,22)23/h3-5,24H,1-2H3. The van der Waals surface area contributed by atoms with Crippen LogP contribution >= 0.6 is 0 Å². The fourth-order valence-corrected chi connectivity index (χ4v) is 2.04. The Morgan fingerprint density at radius 1 is 0.692 bits per heavy atom. The van der Waals surface area contributed by atoms with Crippen LogP contribution in [0.2, 0.25) is 0 Å². The van der Waals surface area contributed by atoms with E-state index in [2.05, 4.69) is 9.47 Å². The molecule has 0 unspecified atom stereocenters. The summed E-state index contributed by atoms with van der Waals surface area (Å²) in [6.45, 7) is 0. The minimum atomic E-state index is -7.56. The molecule has 1 heterocycles. The summed E-state index contributed by atoms with van der Waals surface area (Å²) >= 11 is 0. The molecule has 14 heteroatoms. The van der Waals surface area contributed by atoms with Crippen LogP contribution in [0.15, 0.2) is 18.3 Å². The Morgan fingerprint density at radius 2 is 1.12 bits per heavy atom.